The van der Waals surface area contributed by atoms with Crippen LogP contribution < -0.4 is 0 Å². The lowest BCUT2D eigenvalue weighted by Crippen LogP contribution is -2.00. The minimum Gasteiger partial charge on any atom is -0.469 e. The van der Waals surface area contributed by atoms with Crippen molar-refractivity contribution in [2.45, 2.75) is 31.3 Å². The number of aryl methyl sites for hydroxylation is 2. The molecule has 4 aromatic heterocycles. The summed E-state index contributed by atoms with van der Waals surface area (Å²) in [5, 5.41) is 22.0. The summed E-state index contributed by atoms with van der Waals surface area (Å²) in [4.78, 5) is 0. The number of nitrogens with zero attached hydrogens (tertiary/aromatic N) is 6. The lowest BCUT2D eigenvalue weighted by Gasteiger charge is -2.06. The van der Waals surface area contributed by atoms with Crippen LogP contribution in [0.2, 0.25) is 0 Å². The molecule has 0 spiro atoms. The molecule has 0 N–H and O–H groups in total. The van der Waals surface area contributed by atoms with Gasteiger partial charge in [-0.3, -0.25) is 4.57 Å². The molecule has 0 aliphatic rings. The van der Waals surface area contributed by atoms with Crippen molar-refractivity contribution in [2.24, 2.45) is 0 Å². The average molecular weight is 461 g/mol. The van der Waals surface area contributed by atoms with Crippen LogP contribution in [0.3, 0.4) is 0 Å². The zero-order valence-electron chi connectivity index (χ0n) is 18.1. The summed E-state index contributed by atoms with van der Waals surface area (Å²) in [5.74, 6) is 3.38. The SMILES string of the molecule is C=CCn1c(SCc2nnc(-c3c(-c4ccccc4)noc3C)o2)nnc1-c1ccoc1C. The molecule has 1 aromatic carbocycles. The van der Waals surface area contributed by atoms with Gasteiger partial charge in [-0.1, -0.05) is 53.3 Å². The number of furan rings is 1. The number of rotatable bonds is 8. The van der Waals surface area contributed by atoms with Gasteiger partial charge in [-0.05, 0) is 19.9 Å². The van der Waals surface area contributed by atoms with Crippen molar-refractivity contribution in [1.29, 1.82) is 0 Å². The first-order valence-corrected chi connectivity index (χ1v) is 11.2. The van der Waals surface area contributed by atoms with Crippen LogP contribution in [-0.4, -0.2) is 30.1 Å². The van der Waals surface area contributed by atoms with Crippen LogP contribution in [0, 0.1) is 13.8 Å². The smallest absolute Gasteiger partial charge is 0.253 e. The average Bonchev–Trinajstić information content (AvgIpc) is 3.61. The van der Waals surface area contributed by atoms with Gasteiger partial charge in [0.1, 0.15) is 22.8 Å². The third-order valence-electron chi connectivity index (χ3n) is 5.04. The first-order chi connectivity index (χ1) is 16.2. The quantitative estimate of drug-likeness (QED) is 0.224. The van der Waals surface area contributed by atoms with E-state index < -0.39 is 0 Å². The molecule has 0 aliphatic heterocycles. The lowest BCUT2D eigenvalue weighted by molar-refractivity contribution is 0.399. The molecule has 166 valence electrons. The summed E-state index contributed by atoms with van der Waals surface area (Å²) < 4.78 is 18.8. The van der Waals surface area contributed by atoms with E-state index in [0.717, 1.165) is 27.9 Å². The first-order valence-electron chi connectivity index (χ1n) is 10.2. The number of hydrogen-bond donors (Lipinski definition) is 0. The number of allylic oxidation sites excluding steroid dienone is 1. The topological polar surface area (TPSA) is 109 Å². The Morgan fingerprint density at radius 1 is 1.03 bits per heavy atom. The van der Waals surface area contributed by atoms with Crippen molar-refractivity contribution in [3.63, 3.8) is 0 Å². The first kappa shape index (κ1) is 21.0. The molecule has 0 saturated carbocycles. The summed E-state index contributed by atoms with van der Waals surface area (Å²) in [6.45, 7) is 8.13. The Morgan fingerprint density at radius 3 is 2.64 bits per heavy atom. The predicted molar refractivity (Wildman–Crippen MR) is 122 cm³/mol. The number of aromatic nitrogens is 6. The molecular weight excluding hydrogens is 440 g/mol. The largest absolute Gasteiger partial charge is 0.469 e. The molecule has 0 radical (unpaired) electrons. The maximum absolute atomic E-state index is 5.96. The molecule has 0 amide bonds. The van der Waals surface area contributed by atoms with Gasteiger partial charge in [0.25, 0.3) is 5.89 Å². The molecule has 0 fully saturated rings. The van der Waals surface area contributed by atoms with Gasteiger partial charge in [0, 0.05) is 12.1 Å². The van der Waals surface area contributed by atoms with Gasteiger partial charge < -0.3 is 13.4 Å². The fourth-order valence-corrected chi connectivity index (χ4v) is 4.25. The Kier molecular flexibility index (Phi) is 5.66. The van der Waals surface area contributed by atoms with Gasteiger partial charge >= 0.3 is 0 Å². The van der Waals surface area contributed by atoms with Crippen molar-refractivity contribution >= 4 is 11.8 Å². The summed E-state index contributed by atoms with van der Waals surface area (Å²) in [5.41, 5.74) is 3.17. The summed E-state index contributed by atoms with van der Waals surface area (Å²) in [6, 6.07) is 11.6. The Labute approximate surface area is 193 Å². The molecule has 0 saturated heterocycles. The molecule has 0 atom stereocenters. The second-order valence-electron chi connectivity index (χ2n) is 7.21. The molecule has 0 unspecified atom stereocenters. The van der Waals surface area contributed by atoms with Gasteiger partial charge in [0.2, 0.25) is 5.89 Å². The zero-order chi connectivity index (χ0) is 22.8. The van der Waals surface area contributed by atoms with Crippen molar-refractivity contribution in [1.82, 2.24) is 30.1 Å². The highest BCUT2D eigenvalue weighted by Gasteiger charge is 2.23. The monoisotopic (exact) mass is 460 g/mol. The highest BCUT2D eigenvalue weighted by Crippen LogP contribution is 2.34. The predicted octanol–water partition coefficient (Wildman–Crippen LogP) is 5.34. The Hall–Kier alpha value is -3.92. The molecule has 0 bridgehead atoms. The van der Waals surface area contributed by atoms with Crippen LogP contribution in [0.5, 0.6) is 0 Å². The van der Waals surface area contributed by atoms with Gasteiger partial charge in [0.15, 0.2) is 11.0 Å². The Bertz CT molecular complexity index is 1400. The second-order valence-corrected chi connectivity index (χ2v) is 8.16. The number of benzene rings is 1. The normalized spacial score (nSPS) is 11.2. The molecule has 33 heavy (non-hydrogen) atoms. The summed E-state index contributed by atoms with van der Waals surface area (Å²) >= 11 is 1.46. The van der Waals surface area contributed by atoms with Crippen LogP contribution in [-0.2, 0) is 12.3 Å². The van der Waals surface area contributed by atoms with E-state index in [2.05, 4.69) is 32.1 Å². The van der Waals surface area contributed by atoms with Crippen LogP contribution in [0.4, 0.5) is 0 Å². The van der Waals surface area contributed by atoms with Crippen LogP contribution in [0.1, 0.15) is 17.4 Å². The van der Waals surface area contributed by atoms with Gasteiger partial charge in [-0.2, -0.15) is 0 Å². The Morgan fingerprint density at radius 2 is 1.88 bits per heavy atom. The minimum atomic E-state index is 0.366. The fraction of sp³-hybridized carbons (Fsp3) is 0.174. The van der Waals surface area contributed by atoms with Crippen molar-refractivity contribution in [3.8, 4) is 34.1 Å². The van der Waals surface area contributed by atoms with E-state index in [0.29, 0.717) is 41.1 Å². The fourth-order valence-electron chi connectivity index (χ4n) is 3.46. The second kappa shape index (κ2) is 8.91. The molecule has 4 heterocycles. The van der Waals surface area contributed by atoms with E-state index in [1.54, 1.807) is 12.3 Å². The maximum Gasteiger partial charge on any atom is 0.253 e. The number of thioether (sulfide) groups is 1. The van der Waals surface area contributed by atoms with E-state index in [4.69, 9.17) is 13.4 Å². The van der Waals surface area contributed by atoms with Gasteiger partial charge in [0.05, 0.1) is 17.6 Å². The van der Waals surface area contributed by atoms with Crippen LogP contribution in [0.15, 0.2) is 73.8 Å². The third-order valence-corrected chi connectivity index (χ3v) is 6.00. The van der Waals surface area contributed by atoms with Crippen molar-refractivity contribution in [2.75, 3.05) is 0 Å². The number of hydrogen-bond acceptors (Lipinski definition) is 9. The van der Waals surface area contributed by atoms with E-state index in [9.17, 15) is 0 Å². The van der Waals surface area contributed by atoms with Gasteiger partial charge in [-0.15, -0.1) is 27.0 Å². The van der Waals surface area contributed by atoms with E-state index in [-0.39, 0.29) is 0 Å². The summed E-state index contributed by atoms with van der Waals surface area (Å²) in [6.07, 6.45) is 3.44. The van der Waals surface area contributed by atoms with Gasteiger partial charge in [-0.25, -0.2) is 0 Å². The Balaban J connectivity index is 1.39. The van der Waals surface area contributed by atoms with Crippen LogP contribution in [0.25, 0.3) is 34.1 Å². The minimum absolute atomic E-state index is 0.366. The summed E-state index contributed by atoms with van der Waals surface area (Å²) in [7, 11) is 0. The van der Waals surface area contributed by atoms with E-state index in [1.807, 2.05) is 54.8 Å². The third kappa shape index (κ3) is 4.00. The molecule has 0 aliphatic carbocycles. The van der Waals surface area contributed by atoms with E-state index in [1.165, 1.54) is 11.8 Å². The van der Waals surface area contributed by atoms with Crippen LogP contribution >= 0.6 is 11.8 Å². The zero-order valence-corrected chi connectivity index (χ0v) is 18.9. The lowest BCUT2D eigenvalue weighted by atomic mass is 10.1. The van der Waals surface area contributed by atoms with Crippen molar-refractivity contribution in [3.05, 3.63) is 72.7 Å². The molecule has 5 rings (SSSR count). The maximum atomic E-state index is 5.96. The molecule has 9 nitrogen and oxygen atoms in total. The molecule has 5 aromatic rings. The molecular formula is C23H20N6O3S. The standard InChI is InChI=1S/C23H20N6O3S/c1-4-11-29-21(17-10-12-30-14(17)2)25-27-23(29)33-13-18-24-26-22(31-18)19-15(3)32-28-20(19)16-8-6-5-7-9-16/h4-10,12H,1,11,13H2,2-3H3. The molecule has 10 heteroatoms. The van der Waals surface area contributed by atoms with Crippen molar-refractivity contribution < 1.29 is 13.4 Å². The highest BCUT2D eigenvalue weighted by atomic mass is 32.2. The highest BCUT2D eigenvalue weighted by molar-refractivity contribution is 7.98. The van der Waals surface area contributed by atoms with E-state index >= 15 is 0 Å².